The molecule has 3 aliphatic rings. The molecule has 2 fully saturated rings. The SMILES string of the molecule is CCCCC(CC)COc1ccc2cc(N3c4ccc(B5OC(C)(C)C(C)(C)O5)cc4Sc4cc(B5OC(C)(C)C(C)(C)O5)ccc43)ccc2c1. The van der Waals surface area contributed by atoms with Gasteiger partial charge in [0.25, 0.3) is 0 Å². The largest absolute Gasteiger partial charge is 0.494 e. The summed E-state index contributed by atoms with van der Waals surface area (Å²) in [5.74, 6) is 1.52. The van der Waals surface area contributed by atoms with Crippen LogP contribution in [-0.2, 0) is 18.6 Å². The fraction of sp³-hybridized carbons (Fsp3) is 0.476. The second-order valence-electron chi connectivity index (χ2n) is 16.5. The van der Waals surface area contributed by atoms with Crippen LogP contribution in [0.3, 0.4) is 0 Å². The van der Waals surface area contributed by atoms with E-state index in [4.69, 9.17) is 23.4 Å². The first-order valence-corrected chi connectivity index (χ1v) is 19.6. The molecule has 0 aromatic heterocycles. The van der Waals surface area contributed by atoms with Crippen molar-refractivity contribution in [2.75, 3.05) is 11.5 Å². The third-order valence-electron chi connectivity index (χ3n) is 11.8. The van der Waals surface area contributed by atoms with Crippen LogP contribution < -0.4 is 20.6 Å². The van der Waals surface area contributed by atoms with Crippen molar-refractivity contribution in [2.45, 2.75) is 127 Å². The maximum atomic E-state index is 6.47. The van der Waals surface area contributed by atoms with Crippen LogP contribution in [-0.4, -0.2) is 43.2 Å². The van der Waals surface area contributed by atoms with Gasteiger partial charge in [0.1, 0.15) is 5.75 Å². The van der Waals surface area contributed by atoms with E-state index in [2.05, 4.69) is 147 Å². The number of ether oxygens (including phenoxy) is 1. The van der Waals surface area contributed by atoms with Crippen LogP contribution in [0.4, 0.5) is 17.1 Å². The number of fused-ring (bicyclic) bond motifs is 3. The van der Waals surface area contributed by atoms with Crippen LogP contribution in [0.5, 0.6) is 5.75 Å². The Morgan fingerprint density at radius 3 is 1.67 bits per heavy atom. The van der Waals surface area contributed by atoms with Crippen LogP contribution in [0.15, 0.2) is 82.6 Å². The number of anilines is 3. The molecule has 9 heteroatoms. The average molecular weight is 706 g/mol. The molecule has 0 spiro atoms. The predicted octanol–water partition coefficient (Wildman–Crippen LogP) is 9.97. The summed E-state index contributed by atoms with van der Waals surface area (Å²) >= 11 is 1.77. The molecule has 1 atom stereocenters. The molecule has 0 N–H and O–H groups in total. The van der Waals surface area contributed by atoms with Gasteiger partial charge in [0.2, 0.25) is 0 Å². The third kappa shape index (κ3) is 6.86. The van der Waals surface area contributed by atoms with Gasteiger partial charge in [-0.05, 0) is 138 Å². The topological polar surface area (TPSA) is 49.4 Å². The molecule has 7 rings (SSSR count). The minimum Gasteiger partial charge on any atom is -0.493 e. The van der Waals surface area contributed by atoms with Crippen molar-refractivity contribution >= 4 is 64.8 Å². The molecule has 0 radical (unpaired) electrons. The molecule has 0 aliphatic carbocycles. The normalized spacial score (nSPS) is 20.4. The highest BCUT2D eigenvalue weighted by Crippen LogP contribution is 2.52. The summed E-state index contributed by atoms with van der Waals surface area (Å²) in [6.07, 6.45) is 4.84. The van der Waals surface area contributed by atoms with Gasteiger partial charge in [0.05, 0.1) is 40.4 Å². The number of unbranched alkanes of at least 4 members (excludes halogenated alkanes) is 1. The summed E-state index contributed by atoms with van der Waals surface area (Å²) in [6, 6.07) is 26.3. The van der Waals surface area contributed by atoms with Crippen molar-refractivity contribution < 1.29 is 23.4 Å². The highest BCUT2D eigenvalue weighted by Gasteiger charge is 2.53. The molecule has 0 bridgehead atoms. The quantitative estimate of drug-likeness (QED) is 0.134. The maximum absolute atomic E-state index is 6.47. The highest BCUT2D eigenvalue weighted by atomic mass is 32.2. The number of rotatable bonds is 10. The molecule has 3 aliphatic heterocycles. The van der Waals surface area contributed by atoms with E-state index < -0.39 is 36.6 Å². The zero-order valence-electron chi connectivity index (χ0n) is 32.1. The average Bonchev–Trinajstić information content (AvgIpc) is 3.45. The van der Waals surface area contributed by atoms with E-state index in [1.54, 1.807) is 11.8 Å². The number of benzene rings is 4. The molecule has 2 saturated heterocycles. The Labute approximate surface area is 310 Å². The van der Waals surface area contributed by atoms with Gasteiger partial charge in [-0.25, -0.2) is 0 Å². The van der Waals surface area contributed by atoms with Gasteiger partial charge in [-0.1, -0.05) is 69.1 Å². The second kappa shape index (κ2) is 13.5. The standard InChI is InChI=1S/C42H53B2NO5S/c1-11-13-14-28(12-2)27-46-34-20-16-29-23-33(19-15-30(29)24-34)45-35-21-17-31(43-47-39(3,4)40(5,6)48-43)25-37(35)51-38-26-32(18-22-36(38)45)44-49-41(7,8)42(9,10)50-44/h15-26,28H,11-14,27H2,1-10H3. The van der Waals surface area contributed by atoms with Crippen molar-refractivity contribution in [1.82, 2.24) is 0 Å². The van der Waals surface area contributed by atoms with E-state index >= 15 is 0 Å². The van der Waals surface area contributed by atoms with E-state index in [1.807, 2.05) is 0 Å². The van der Waals surface area contributed by atoms with E-state index in [0.717, 1.165) is 61.9 Å². The summed E-state index contributed by atoms with van der Waals surface area (Å²) in [4.78, 5) is 4.64. The summed E-state index contributed by atoms with van der Waals surface area (Å²) in [5, 5.41) is 2.33. The monoisotopic (exact) mass is 705 g/mol. The molecule has 268 valence electrons. The zero-order chi connectivity index (χ0) is 36.3. The first-order valence-electron chi connectivity index (χ1n) is 18.7. The first-order chi connectivity index (χ1) is 24.1. The Morgan fingerprint density at radius 2 is 1.16 bits per heavy atom. The summed E-state index contributed by atoms with van der Waals surface area (Å²) < 4.78 is 32.2. The van der Waals surface area contributed by atoms with Crippen molar-refractivity contribution in [2.24, 2.45) is 5.92 Å². The van der Waals surface area contributed by atoms with E-state index in [0.29, 0.717) is 5.92 Å². The van der Waals surface area contributed by atoms with Gasteiger partial charge in [-0.15, -0.1) is 0 Å². The molecule has 4 aromatic rings. The van der Waals surface area contributed by atoms with Crippen molar-refractivity contribution in [3.63, 3.8) is 0 Å². The third-order valence-corrected chi connectivity index (χ3v) is 12.9. The molecule has 4 aromatic carbocycles. The molecule has 0 saturated carbocycles. The summed E-state index contributed by atoms with van der Waals surface area (Å²) in [5.41, 5.74) is 3.69. The molecule has 6 nitrogen and oxygen atoms in total. The Hall–Kier alpha value is -2.94. The van der Waals surface area contributed by atoms with Crippen LogP contribution in [0.25, 0.3) is 10.8 Å². The Kier molecular flexibility index (Phi) is 9.63. The Balaban J connectivity index is 1.24. The second-order valence-corrected chi connectivity index (χ2v) is 17.6. The van der Waals surface area contributed by atoms with Crippen LogP contribution >= 0.6 is 11.8 Å². The van der Waals surface area contributed by atoms with Gasteiger partial charge < -0.3 is 28.3 Å². The lowest BCUT2D eigenvalue weighted by molar-refractivity contribution is 0.00578. The Bertz CT molecular complexity index is 1810. The molecule has 0 amide bonds. The molecular formula is C42H53B2NO5S. The lowest BCUT2D eigenvalue weighted by Gasteiger charge is -2.34. The zero-order valence-corrected chi connectivity index (χ0v) is 32.9. The molecule has 1 unspecified atom stereocenters. The minimum atomic E-state index is -0.442. The van der Waals surface area contributed by atoms with Gasteiger partial charge in [-0.2, -0.15) is 0 Å². The fourth-order valence-corrected chi connectivity index (χ4v) is 8.08. The van der Waals surface area contributed by atoms with Gasteiger partial charge in [0, 0.05) is 15.5 Å². The van der Waals surface area contributed by atoms with Crippen LogP contribution in [0.1, 0.15) is 94.9 Å². The Morgan fingerprint density at radius 1 is 0.647 bits per heavy atom. The van der Waals surface area contributed by atoms with E-state index in [1.165, 1.54) is 24.6 Å². The molecule has 51 heavy (non-hydrogen) atoms. The molecule has 3 heterocycles. The van der Waals surface area contributed by atoms with Gasteiger partial charge >= 0.3 is 14.2 Å². The van der Waals surface area contributed by atoms with E-state index in [9.17, 15) is 0 Å². The summed E-state index contributed by atoms with van der Waals surface area (Å²) in [6.45, 7) is 22.1. The minimum absolute atomic E-state index is 0.417. The lowest BCUT2D eigenvalue weighted by Crippen LogP contribution is -2.41. The van der Waals surface area contributed by atoms with E-state index in [-0.39, 0.29) is 0 Å². The van der Waals surface area contributed by atoms with Crippen LogP contribution in [0.2, 0.25) is 0 Å². The smallest absolute Gasteiger partial charge is 0.493 e. The number of hydrogen-bond acceptors (Lipinski definition) is 7. The predicted molar refractivity (Wildman–Crippen MR) is 213 cm³/mol. The lowest BCUT2D eigenvalue weighted by atomic mass is 9.78. The number of nitrogens with zero attached hydrogens (tertiary/aromatic N) is 1. The van der Waals surface area contributed by atoms with Crippen molar-refractivity contribution in [1.29, 1.82) is 0 Å². The van der Waals surface area contributed by atoms with Crippen LogP contribution in [0, 0.1) is 5.92 Å². The van der Waals surface area contributed by atoms with Crippen molar-refractivity contribution in [3.8, 4) is 5.75 Å². The first kappa shape index (κ1) is 36.4. The van der Waals surface area contributed by atoms with Gasteiger partial charge in [-0.3, -0.25) is 0 Å². The van der Waals surface area contributed by atoms with Crippen molar-refractivity contribution in [3.05, 3.63) is 72.8 Å². The maximum Gasteiger partial charge on any atom is 0.494 e. The molecular weight excluding hydrogens is 652 g/mol. The van der Waals surface area contributed by atoms with Gasteiger partial charge in [0.15, 0.2) is 0 Å². The summed E-state index contributed by atoms with van der Waals surface area (Å²) in [7, 11) is -0.883. The fourth-order valence-electron chi connectivity index (χ4n) is 6.92. The number of hydrogen-bond donors (Lipinski definition) is 0. The highest BCUT2D eigenvalue weighted by molar-refractivity contribution is 7.99.